The fourth-order valence-electron chi connectivity index (χ4n) is 12.7. The Morgan fingerprint density at radius 3 is 1.00 bits per heavy atom. The van der Waals surface area contributed by atoms with Gasteiger partial charge in [-0.25, -0.2) is 48.6 Å². The van der Waals surface area contributed by atoms with E-state index in [1.54, 1.807) is 158 Å². The van der Waals surface area contributed by atoms with Gasteiger partial charge in [-0.05, 0) is 207 Å². The Morgan fingerprint density at radius 2 is 0.669 bits per heavy atom. The predicted molar refractivity (Wildman–Crippen MR) is 460 cm³/mol. The molecule has 18 rings (SSSR count). The maximum atomic E-state index is 12.6. The SMILES string of the molecule is Cc1cc(-c2cccnc2)n(-c2ccc(NC(=O)c3cccnc3)nc2)n1.Cc1cc(-c2cccnc2)nn1-c1ccc(NC(=O)c2ccc(N3CCOCC3)nc2)nc1.Cc1cc(-c2cccnc2)nn1-c1ccc(NC(=O)c2ccc(N3CCOCC3)nc2)nc1.Cc1cc(-c2cccnc2)nn1-c1ccc(NC(=O)c2cncc(Br)c2)nc1. The van der Waals surface area contributed by atoms with Gasteiger partial charge in [-0.3, -0.25) is 49.1 Å². The van der Waals surface area contributed by atoms with Crippen molar-refractivity contribution in [2.45, 2.75) is 27.7 Å². The minimum Gasteiger partial charge on any atom is -0.378 e. The molecule has 0 atom stereocenters. The smallest absolute Gasteiger partial charge is 0.258 e. The molecule has 0 saturated carbocycles. The van der Waals surface area contributed by atoms with Gasteiger partial charge in [0.15, 0.2) is 0 Å². The summed E-state index contributed by atoms with van der Waals surface area (Å²) in [5.41, 5.74) is 16.1. The zero-order valence-electron chi connectivity index (χ0n) is 65.8. The van der Waals surface area contributed by atoms with Crippen LogP contribution in [0.3, 0.4) is 0 Å². The molecule has 0 bridgehead atoms. The van der Waals surface area contributed by atoms with E-state index < -0.39 is 0 Å². The van der Waals surface area contributed by atoms with Gasteiger partial charge in [0.1, 0.15) is 34.9 Å². The monoisotopic (exact) mass is 1670 g/mol. The number of hydrogen-bond donors (Lipinski definition) is 4. The molecule has 33 heteroatoms. The van der Waals surface area contributed by atoms with Crippen molar-refractivity contribution in [2.75, 3.05) is 83.7 Å². The summed E-state index contributed by atoms with van der Waals surface area (Å²) in [6.45, 7) is 13.8. The molecule has 0 radical (unpaired) electrons. The number of carbonyl (C=O) groups is 4. The number of anilines is 6. The fraction of sp³-hybridized carbons (Fsp3) is 0.136. The van der Waals surface area contributed by atoms with Gasteiger partial charge in [0.25, 0.3) is 23.6 Å². The number of aryl methyl sites for hydroxylation is 4. The van der Waals surface area contributed by atoms with Gasteiger partial charge < -0.3 is 40.5 Å². The lowest BCUT2D eigenvalue weighted by Crippen LogP contribution is -2.36. The first kappa shape index (κ1) is 80.7. The van der Waals surface area contributed by atoms with Crippen LogP contribution in [0.4, 0.5) is 34.9 Å². The summed E-state index contributed by atoms with van der Waals surface area (Å²) < 4.78 is 18.7. The highest BCUT2D eigenvalue weighted by molar-refractivity contribution is 9.10. The van der Waals surface area contributed by atoms with Crippen molar-refractivity contribution in [2.24, 2.45) is 0 Å². The van der Waals surface area contributed by atoms with Crippen LogP contribution < -0.4 is 31.1 Å². The maximum absolute atomic E-state index is 12.6. The molecule has 32 nitrogen and oxygen atoms in total. The lowest BCUT2D eigenvalue weighted by molar-refractivity contribution is 0.101. The molecule has 0 spiro atoms. The van der Waals surface area contributed by atoms with Crippen LogP contribution in [0, 0.1) is 27.7 Å². The third-order valence-corrected chi connectivity index (χ3v) is 19.3. The lowest BCUT2D eigenvalue weighted by Gasteiger charge is -2.27. The quantitative estimate of drug-likeness (QED) is 0.0620. The van der Waals surface area contributed by atoms with E-state index in [0.717, 1.165) is 133 Å². The predicted octanol–water partition coefficient (Wildman–Crippen LogP) is 13.6. The molecule has 2 fully saturated rings. The number of nitrogens with zero attached hydrogens (tertiary/aromatic N) is 22. The fourth-order valence-corrected chi connectivity index (χ4v) is 13.1. The molecule has 4 N–H and O–H groups in total. The van der Waals surface area contributed by atoms with E-state index in [0.29, 0.717) is 72.0 Å². The van der Waals surface area contributed by atoms with E-state index in [1.165, 1.54) is 12.4 Å². The minimum atomic E-state index is -0.275. The van der Waals surface area contributed by atoms with E-state index in [-0.39, 0.29) is 23.6 Å². The molecule has 18 heterocycles. The number of halogens is 1. The molecule has 2 aliphatic heterocycles. The highest BCUT2D eigenvalue weighted by Crippen LogP contribution is 2.28. The van der Waals surface area contributed by atoms with E-state index in [1.807, 2.05) is 151 Å². The van der Waals surface area contributed by atoms with E-state index in [9.17, 15) is 19.2 Å². The van der Waals surface area contributed by atoms with Crippen molar-refractivity contribution in [3.8, 4) is 67.8 Å². The van der Waals surface area contributed by atoms with Crippen molar-refractivity contribution in [1.82, 2.24) is 98.9 Å². The third kappa shape index (κ3) is 20.7. The summed E-state index contributed by atoms with van der Waals surface area (Å²) in [6.07, 6.45) is 30.2. The molecular weight excluding hydrogens is 1600 g/mol. The summed E-state index contributed by atoms with van der Waals surface area (Å²) in [5, 5.41) is 29.7. The number of carbonyl (C=O) groups excluding carboxylic acids is 4. The van der Waals surface area contributed by atoms with Crippen LogP contribution in [0.2, 0.25) is 0 Å². The van der Waals surface area contributed by atoms with Gasteiger partial charge >= 0.3 is 0 Å². The molecule has 16 aromatic rings. The lowest BCUT2D eigenvalue weighted by atomic mass is 10.2. The molecule has 121 heavy (non-hydrogen) atoms. The van der Waals surface area contributed by atoms with Gasteiger partial charge in [-0.15, -0.1) is 0 Å². The number of aromatic nitrogens is 20. The first-order valence-electron chi connectivity index (χ1n) is 38.2. The number of ether oxygens (including phenoxy) is 2. The summed E-state index contributed by atoms with van der Waals surface area (Å²) in [4.78, 5) is 105. The summed E-state index contributed by atoms with van der Waals surface area (Å²) >= 11 is 3.31. The number of hydrogen-bond acceptors (Lipinski definition) is 24. The largest absolute Gasteiger partial charge is 0.378 e. The van der Waals surface area contributed by atoms with E-state index in [4.69, 9.17) is 9.47 Å². The number of pyridine rings is 12. The van der Waals surface area contributed by atoms with Gasteiger partial charge in [-0.1, -0.05) is 0 Å². The Balaban J connectivity index is 0.000000126. The topological polar surface area (TPSA) is 367 Å². The van der Waals surface area contributed by atoms with Crippen LogP contribution in [0.5, 0.6) is 0 Å². The molecule has 0 unspecified atom stereocenters. The Morgan fingerprint density at radius 1 is 0.322 bits per heavy atom. The molecule has 0 aromatic carbocycles. The van der Waals surface area contributed by atoms with Gasteiger partial charge in [-0.2, -0.15) is 20.4 Å². The van der Waals surface area contributed by atoms with Crippen LogP contribution in [-0.2, 0) is 9.47 Å². The second kappa shape index (κ2) is 38.5. The molecule has 0 aliphatic carbocycles. The van der Waals surface area contributed by atoms with Crippen molar-refractivity contribution in [3.63, 3.8) is 0 Å². The summed E-state index contributed by atoms with van der Waals surface area (Å²) in [7, 11) is 0. The zero-order chi connectivity index (χ0) is 83.4. The number of morpholine rings is 2. The van der Waals surface area contributed by atoms with Crippen LogP contribution in [-0.4, -0.2) is 175 Å². The standard InChI is InChI=1S/2C24H23N7O2.C20H15BrN6O.C20H16N6O/c2*1-17-13-21(18-3-2-8-25-14-18)29-31(17)20-5-6-22(26-16-20)28-24(32)19-4-7-23(27-15-19)30-9-11-33-12-10-30;1-13-7-18(14-3-2-6-22-9-14)26-27(13)17-4-5-19(24-12-17)25-20(28)15-8-16(21)11-23-10-15;1-14-10-18(15-4-2-8-21-11-15)26(25-14)17-6-7-19(23-13-17)24-20(27)16-5-3-9-22-12-16/h2*2-8,13-16H,9-12H2,1H3,(H,26,28,32);2-12H,1H3,(H,24,25,28);2-13H,1H3,(H,23,24,27). The molecular formula is C88H77BrN26O6. The van der Waals surface area contributed by atoms with Crippen molar-refractivity contribution in [1.29, 1.82) is 0 Å². The average molecular weight is 1670 g/mol. The minimum absolute atomic E-state index is 0.255. The van der Waals surface area contributed by atoms with Crippen molar-refractivity contribution >= 4 is 74.5 Å². The van der Waals surface area contributed by atoms with Gasteiger partial charge in [0.05, 0.1) is 125 Å². The highest BCUT2D eigenvalue weighted by Gasteiger charge is 2.20. The molecule has 2 aliphatic rings. The Bertz CT molecular complexity index is 5960. The van der Waals surface area contributed by atoms with Crippen LogP contribution in [0.1, 0.15) is 64.2 Å². The number of rotatable bonds is 18. The van der Waals surface area contributed by atoms with Gasteiger partial charge in [0, 0.05) is 157 Å². The van der Waals surface area contributed by atoms with Crippen molar-refractivity contribution < 1.29 is 28.7 Å². The van der Waals surface area contributed by atoms with Crippen LogP contribution in [0.25, 0.3) is 67.8 Å². The average Bonchev–Trinajstić information content (AvgIpc) is 1.63. The summed E-state index contributed by atoms with van der Waals surface area (Å²) in [5.74, 6) is 2.46. The van der Waals surface area contributed by atoms with E-state index >= 15 is 0 Å². The van der Waals surface area contributed by atoms with Crippen molar-refractivity contribution in [3.05, 3.63) is 325 Å². The highest BCUT2D eigenvalue weighted by atomic mass is 79.9. The molecule has 2 saturated heterocycles. The van der Waals surface area contributed by atoms with Crippen LogP contribution in [0.15, 0.2) is 280 Å². The molecule has 4 amide bonds. The Hall–Kier alpha value is -15.5. The zero-order valence-corrected chi connectivity index (χ0v) is 67.4. The number of amides is 4. The molecule has 16 aromatic heterocycles. The molecule has 602 valence electrons. The summed E-state index contributed by atoms with van der Waals surface area (Å²) in [6, 6.07) is 50.2. The van der Waals surface area contributed by atoms with Gasteiger partial charge in [0.2, 0.25) is 0 Å². The first-order chi connectivity index (χ1) is 59.1. The Kier molecular flexibility index (Phi) is 25.7. The second-order valence-corrected chi connectivity index (χ2v) is 28.3. The third-order valence-electron chi connectivity index (χ3n) is 18.8. The Labute approximate surface area is 702 Å². The maximum Gasteiger partial charge on any atom is 0.258 e. The first-order valence-corrected chi connectivity index (χ1v) is 39.0. The van der Waals surface area contributed by atoms with E-state index in [2.05, 4.69) is 127 Å². The second-order valence-electron chi connectivity index (χ2n) is 27.4. The normalized spacial score (nSPS) is 12.3. The number of nitrogens with one attached hydrogen (secondary N) is 4. The van der Waals surface area contributed by atoms with Crippen LogP contribution >= 0.6 is 15.9 Å².